The molecule has 1 unspecified atom stereocenters. The standard InChI is InChI=1S/C10H14N2O3/c1-2-3-4-9(13)12-6-5-11-7-8(12)10(14)15/h1,8,11H,3-7H2,(H,14,15). The Bertz CT molecular complexity index is 296. The molecule has 1 saturated heterocycles. The fourth-order valence-corrected chi connectivity index (χ4v) is 1.55. The van der Waals surface area contributed by atoms with E-state index in [1.807, 2.05) is 0 Å². The van der Waals surface area contributed by atoms with Crippen LogP contribution in [-0.4, -0.2) is 47.6 Å². The van der Waals surface area contributed by atoms with Gasteiger partial charge in [0.15, 0.2) is 0 Å². The van der Waals surface area contributed by atoms with Crippen molar-refractivity contribution < 1.29 is 14.7 Å². The van der Waals surface area contributed by atoms with Crippen molar-refractivity contribution in [3.63, 3.8) is 0 Å². The highest BCUT2D eigenvalue weighted by Crippen LogP contribution is 2.07. The Morgan fingerprint density at radius 3 is 2.93 bits per heavy atom. The SMILES string of the molecule is C#CCCC(=O)N1CCNCC1C(=O)O. The third kappa shape index (κ3) is 2.96. The summed E-state index contributed by atoms with van der Waals surface area (Å²) in [5, 5.41) is 11.9. The number of hydrogen-bond acceptors (Lipinski definition) is 3. The summed E-state index contributed by atoms with van der Waals surface area (Å²) in [6.07, 6.45) is 5.63. The summed E-state index contributed by atoms with van der Waals surface area (Å²) >= 11 is 0. The van der Waals surface area contributed by atoms with E-state index in [9.17, 15) is 9.59 Å². The Balaban J connectivity index is 2.60. The van der Waals surface area contributed by atoms with Crippen LogP contribution in [0.1, 0.15) is 12.8 Å². The van der Waals surface area contributed by atoms with Crippen LogP contribution in [0.3, 0.4) is 0 Å². The number of aliphatic carboxylic acids is 1. The summed E-state index contributed by atoms with van der Waals surface area (Å²) < 4.78 is 0. The average molecular weight is 210 g/mol. The van der Waals surface area contributed by atoms with Gasteiger partial charge in [0, 0.05) is 32.5 Å². The molecule has 0 aromatic carbocycles. The Labute approximate surface area is 88.4 Å². The molecule has 1 atom stereocenters. The summed E-state index contributed by atoms with van der Waals surface area (Å²) in [6, 6.07) is -0.760. The zero-order chi connectivity index (χ0) is 11.3. The maximum absolute atomic E-state index is 11.6. The van der Waals surface area contributed by atoms with Gasteiger partial charge in [-0.25, -0.2) is 4.79 Å². The number of hydrogen-bond donors (Lipinski definition) is 2. The number of rotatable bonds is 3. The van der Waals surface area contributed by atoms with E-state index in [0.29, 0.717) is 26.1 Å². The van der Waals surface area contributed by atoms with Crippen LogP contribution in [0.2, 0.25) is 0 Å². The van der Waals surface area contributed by atoms with E-state index in [2.05, 4.69) is 11.2 Å². The average Bonchev–Trinajstić information content (AvgIpc) is 2.25. The van der Waals surface area contributed by atoms with Gasteiger partial charge >= 0.3 is 5.97 Å². The Morgan fingerprint density at radius 1 is 1.60 bits per heavy atom. The Kier molecular flexibility index (Phi) is 4.13. The smallest absolute Gasteiger partial charge is 0.327 e. The van der Waals surface area contributed by atoms with Crippen LogP contribution < -0.4 is 5.32 Å². The highest BCUT2D eigenvalue weighted by Gasteiger charge is 2.31. The lowest BCUT2D eigenvalue weighted by molar-refractivity contribution is -0.151. The largest absolute Gasteiger partial charge is 0.480 e. The van der Waals surface area contributed by atoms with Gasteiger partial charge in [0.1, 0.15) is 6.04 Å². The number of nitrogens with one attached hydrogen (secondary N) is 1. The minimum atomic E-state index is -0.976. The van der Waals surface area contributed by atoms with Gasteiger partial charge < -0.3 is 15.3 Å². The first-order chi connectivity index (χ1) is 7.16. The van der Waals surface area contributed by atoms with Crippen LogP contribution in [-0.2, 0) is 9.59 Å². The van der Waals surface area contributed by atoms with E-state index in [0.717, 1.165) is 0 Å². The molecule has 5 heteroatoms. The Hall–Kier alpha value is -1.54. The van der Waals surface area contributed by atoms with E-state index in [1.54, 1.807) is 0 Å². The van der Waals surface area contributed by atoms with Gasteiger partial charge in [-0.15, -0.1) is 12.3 Å². The predicted octanol–water partition coefficient (Wildman–Crippen LogP) is -0.715. The maximum Gasteiger partial charge on any atom is 0.327 e. The van der Waals surface area contributed by atoms with Crippen molar-refractivity contribution in [2.24, 2.45) is 0 Å². The number of nitrogens with zero attached hydrogens (tertiary/aromatic N) is 1. The Morgan fingerprint density at radius 2 is 2.33 bits per heavy atom. The van der Waals surface area contributed by atoms with Gasteiger partial charge in [-0.1, -0.05) is 0 Å². The lowest BCUT2D eigenvalue weighted by Crippen LogP contribution is -2.56. The third-order valence-corrected chi connectivity index (χ3v) is 2.33. The first-order valence-electron chi connectivity index (χ1n) is 4.83. The maximum atomic E-state index is 11.6. The summed E-state index contributed by atoms with van der Waals surface area (Å²) in [4.78, 5) is 23.9. The highest BCUT2D eigenvalue weighted by atomic mass is 16.4. The topological polar surface area (TPSA) is 69.6 Å². The molecular formula is C10H14N2O3. The number of carbonyl (C=O) groups is 2. The number of piperazine rings is 1. The molecule has 0 radical (unpaired) electrons. The summed E-state index contributed by atoms with van der Waals surface area (Å²) in [5.41, 5.74) is 0. The van der Waals surface area contributed by atoms with Crippen molar-refractivity contribution in [3.8, 4) is 12.3 Å². The molecule has 1 amide bonds. The molecule has 15 heavy (non-hydrogen) atoms. The van der Waals surface area contributed by atoms with Gasteiger partial charge in [0.2, 0.25) is 5.91 Å². The van der Waals surface area contributed by atoms with Gasteiger partial charge in [-0.2, -0.15) is 0 Å². The van der Waals surface area contributed by atoms with E-state index in [4.69, 9.17) is 11.5 Å². The lowest BCUT2D eigenvalue weighted by Gasteiger charge is -2.33. The van der Waals surface area contributed by atoms with Crippen molar-refractivity contribution in [2.45, 2.75) is 18.9 Å². The van der Waals surface area contributed by atoms with Crippen LogP contribution in [0.5, 0.6) is 0 Å². The molecule has 5 nitrogen and oxygen atoms in total. The summed E-state index contributed by atoms with van der Waals surface area (Å²) in [5.74, 6) is 1.22. The molecule has 0 aliphatic carbocycles. The molecule has 0 saturated carbocycles. The molecule has 1 aliphatic heterocycles. The van der Waals surface area contributed by atoms with Gasteiger partial charge in [-0.05, 0) is 0 Å². The second kappa shape index (κ2) is 5.37. The van der Waals surface area contributed by atoms with Crippen LogP contribution in [0.25, 0.3) is 0 Å². The second-order valence-electron chi connectivity index (χ2n) is 3.35. The van der Waals surface area contributed by atoms with E-state index < -0.39 is 12.0 Å². The molecule has 0 aromatic rings. The molecule has 0 aromatic heterocycles. The number of terminal acetylenes is 1. The van der Waals surface area contributed by atoms with E-state index in [1.165, 1.54) is 4.90 Å². The van der Waals surface area contributed by atoms with Crippen LogP contribution in [0, 0.1) is 12.3 Å². The first kappa shape index (κ1) is 11.5. The number of amides is 1. The third-order valence-electron chi connectivity index (χ3n) is 2.33. The van der Waals surface area contributed by atoms with Crippen molar-refractivity contribution in [2.75, 3.05) is 19.6 Å². The zero-order valence-electron chi connectivity index (χ0n) is 8.40. The quantitative estimate of drug-likeness (QED) is 0.603. The zero-order valence-corrected chi connectivity index (χ0v) is 8.40. The lowest BCUT2D eigenvalue weighted by atomic mass is 10.1. The van der Waals surface area contributed by atoms with Crippen molar-refractivity contribution in [3.05, 3.63) is 0 Å². The van der Waals surface area contributed by atoms with E-state index in [-0.39, 0.29) is 12.3 Å². The second-order valence-corrected chi connectivity index (χ2v) is 3.35. The molecule has 1 heterocycles. The molecular weight excluding hydrogens is 196 g/mol. The van der Waals surface area contributed by atoms with Crippen LogP contribution in [0.4, 0.5) is 0 Å². The summed E-state index contributed by atoms with van der Waals surface area (Å²) in [6.45, 7) is 1.36. The monoisotopic (exact) mass is 210 g/mol. The first-order valence-corrected chi connectivity index (χ1v) is 4.83. The minimum absolute atomic E-state index is 0.179. The molecule has 2 N–H and O–H groups in total. The van der Waals surface area contributed by atoms with Gasteiger partial charge in [-0.3, -0.25) is 4.79 Å². The fraction of sp³-hybridized carbons (Fsp3) is 0.600. The van der Waals surface area contributed by atoms with Crippen molar-refractivity contribution >= 4 is 11.9 Å². The number of carboxylic acid groups (broad SMARTS) is 1. The predicted molar refractivity (Wildman–Crippen MR) is 54.1 cm³/mol. The fourth-order valence-electron chi connectivity index (χ4n) is 1.55. The highest BCUT2D eigenvalue weighted by molar-refractivity contribution is 5.84. The molecule has 1 rings (SSSR count). The minimum Gasteiger partial charge on any atom is -0.480 e. The molecule has 1 aliphatic rings. The molecule has 0 bridgehead atoms. The van der Waals surface area contributed by atoms with Crippen molar-refractivity contribution in [1.82, 2.24) is 10.2 Å². The molecule has 82 valence electrons. The van der Waals surface area contributed by atoms with Gasteiger partial charge in [0.25, 0.3) is 0 Å². The molecule has 0 spiro atoms. The van der Waals surface area contributed by atoms with Crippen LogP contribution >= 0.6 is 0 Å². The number of carbonyl (C=O) groups excluding carboxylic acids is 1. The van der Waals surface area contributed by atoms with Crippen LogP contribution in [0.15, 0.2) is 0 Å². The number of carboxylic acids is 1. The normalized spacial score (nSPS) is 20.7. The summed E-state index contributed by atoms with van der Waals surface area (Å²) in [7, 11) is 0. The van der Waals surface area contributed by atoms with Crippen molar-refractivity contribution in [1.29, 1.82) is 0 Å². The van der Waals surface area contributed by atoms with Gasteiger partial charge in [0.05, 0.1) is 0 Å². The van der Waals surface area contributed by atoms with E-state index >= 15 is 0 Å². The molecule has 1 fully saturated rings.